The standard InChI is InChI=1S/C11H12N2O2.2K.H3O4P/c12-9(11(14)15)5-7-6-13-10-4-2-1-3-8(7)10;;;1-5(2,3)4/h1-4,6,9,13H,5,12H2,(H,14,15);;;(H3,1,2,3,4)/q;2*+1;/p-2/t9-;;;/m0.../s1. The second-order valence-corrected chi connectivity index (χ2v) is 4.91. The average Bonchev–Trinajstić information content (AvgIpc) is 2.70. The quantitative estimate of drug-likeness (QED) is 0.305. The third-order valence-corrected chi connectivity index (χ3v) is 2.43. The van der Waals surface area contributed by atoms with Gasteiger partial charge in [0.05, 0.1) is 7.82 Å². The number of aromatic nitrogens is 1. The Morgan fingerprint density at radius 1 is 1.32 bits per heavy atom. The number of hydrogen-bond donors (Lipinski definition) is 4. The molecule has 1 aromatic carbocycles. The van der Waals surface area contributed by atoms with Gasteiger partial charge in [-0.15, -0.1) is 0 Å². The number of H-pyrrole nitrogens is 1. The Balaban J connectivity index is 0. The van der Waals surface area contributed by atoms with Crippen LogP contribution in [0.4, 0.5) is 0 Å². The van der Waals surface area contributed by atoms with E-state index >= 15 is 0 Å². The summed E-state index contributed by atoms with van der Waals surface area (Å²) in [5.74, 6) is -0.972. The molecule has 5 N–H and O–H groups in total. The van der Waals surface area contributed by atoms with E-state index in [2.05, 4.69) is 4.98 Å². The van der Waals surface area contributed by atoms with E-state index in [1.807, 2.05) is 30.5 Å². The number of benzene rings is 1. The molecule has 0 bridgehead atoms. The number of fused-ring (bicyclic) bond motifs is 1. The molecule has 2 aromatic rings. The van der Waals surface area contributed by atoms with Gasteiger partial charge in [-0.1, -0.05) is 18.2 Å². The van der Waals surface area contributed by atoms with Gasteiger partial charge in [-0.2, -0.15) is 0 Å². The molecular weight excluding hydrogens is 365 g/mol. The predicted octanol–water partition coefficient (Wildman–Crippen LogP) is -7.06. The second kappa shape index (κ2) is 12.0. The minimum atomic E-state index is -5.14. The summed E-state index contributed by atoms with van der Waals surface area (Å²) < 4.78 is 8.66. The van der Waals surface area contributed by atoms with Crippen molar-refractivity contribution in [3.8, 4) is 0 Å². The molecule has 0 unspecified atom stereocenters. The van der Waals surface area contributed by atoms with E-state index in [1.165, 1.54) is 0 Å². The molecule has 0 aliphatic rings. The second-order valence-electron chi connectivity index (χ2n) is 3.98. The van der Waals surface area contributed by atoms with Gasteiger partial charge in [0.15, 0.2) is 0 Å². The van der Waals surface area contributed by atoms with E-state index < -0.39 is 19.8 Å². The number of para-hydroxylation sites is 1. The summed E-state index contributed by atoms with van der Waals surface area (Å²) in [4.78, 5) is 38.0. The number of carboxylic acid groups (broad SMARTS) is 1. The van der Waals surface area contributed by atoms with Gasteiger partial charge >= 0.3 is 109 Å². The third-order valence-electron chi connectivity index (χ3n) is 2.43. The number of carboxylic acids is 1. The normalized spacial score (nSPS) is 11.5. The van der Waals surface area contributed by atoms with E-state index in [4.69, 9.17) is 30.1 Å². The van der Waals surface area contributed by atoms with Crippen molar-refractivity contribution in [1.29, 1.82) is 0 Å². The van der Waals surface area contributed by atoms with Gasteiger partial charge < -0.3 is 35.1 Å². The van der Waals surface area contributed by atoms with Gasteiger partial charge in [-0.05, 0) is 11.6 Å². The van der Waals surface area contributed by atoms with Crippen LogP contribution >= 0.6 is 7.82 Å². The molecule has 22 heavy (non-hydrogen) atoms. The number of nitrogens with one attached hydrogen (secondary N) is 1. The molecule has 0 radical (unpaired) electrons. The first-order valence-electron chi connectivity index (χ1n) is 5.46. The molecule has 0 amide bonds. The van der Waals surface area contributed by atoms with Gasteiger partial charge in [-0.25, -0.2) is 0 Å². The van der Waals surface area contributed by atoms with Crippen LogP contribution < -0.4 is 118 Å². The number of hydrogen-bond acceptors (Lipinski definition) is 5. The van der Waals surface area contributed by atoms with Gasteiger partial charge in [0.25, 0.3) is 0 Å². The van der Waals surface area contributed by atoms with E-state index in [0.29, 0.717) is 6.42 Å². The van der Waals surface area contributed by atoms with Crippen LogP contribution in [0, 0.1) is 0 Å². The van der Waals surface area contributed by atoms with E-state index in [9.17, 15) is 4.79 Å². The molecule has 8 nitrogen and oxygen atoms in total. The molecule has 0 fully saturated rings. The fourth-order valence-electron chi connectivity index (χ4n) is 1.62. The first-order valence-corrected chi connectivity index (χ1v) is 6.96. The summed E-state index contributed by atoms with van der Waals surface area (Å²) in [6.07, 6.45) is 2.16. The van der Waals surface area contributed by atoms with Crippen LogP contribution in [0.25, 0.3) is 10.9 Å². The molecule has 0 saturated carbocycles. The molecular formula is C11H13K2N2O6P. The molecule has 11 heteroatoms. The summed E-state index contributed by atoms with van der Waals surface area (Å²) >= 11 is 0. The van der Waals surface area contributed by atoms with Crippen molar-refractivity contribution in [3.63, 3.8) is 0 Å². The molecule has 0 saturated heterocycles. The Kier molecular flexibility index (Phi) is 14.1. The number of aliphatic carboxylic acids is 1. The Morgan fingerprint density at radius 2 is 1.82 bits per heavy atom. The van der Waals surface area contributed by atoms with Crippen molar-refractivity contribution >= 4 is 24.7 Å². The van der Waals surface area contributed by atoms with E-state index in [1.54, 1.807) is 0 Å². The third kappa shape index (κ3) is 10.4. The zero-order valence-corrected chi connectivity index (χ0v) is 19.4. The Bertz CT molecular complexity index is 636. The average molecular weight is 378 g/mol. The van der Waals surface area contributed by atoms with Crippen LogP contribution in [0.3, 0.4) is 0 Å². The van der Waals surface area contributed by atoms with Crippen LogP contribution in [0.2, 0.25) is 0 Å². The zero-order valence-electron chi connectivity index (χ0n) is 12.2. The van der Waals surface area contributed by atoms with E-state index in [0.717, 1.165) is 16.5 Å². The van der Waals surface area contributed by atoms with Crippen molar-refractivity contribution < 1.29 is 132 Å². The Morgan fingerprint density at radius 3 is 2.32 bits per heavy atom. The largest absolute Gasteiger partial charge is 1.00 e. The Labute approximate surface area is 211 Å². The SMILES string of the molecule is N[C@@H](Cc1c[nH]c2ccccc12)C(=O)O.O=P([O-])([O-])O.[K+].[K+]. The summed E-state index contributed by atoms with van der Waals surface area (Å²) in [5.41, 5.74) is 7.43. The maximum atomic E-state index is 10.6. The van der Waals surface area contributed by atoms with Crippen molar-refractivity contribution in [1.82, 2.24) is 4.98 Å². The topological polar surface area (TPSA) is 163 Å². The summed E-state index contributed by atoms with van der Waals surface area (Å²) in [6, 6.07) is 6.91. The molecule has 1 atom stereocenters. The van der Waals surface area contributed by atoms with Crippen molar-refractivity contribution in [2.45, 2.75) is 12.5 Å². The molecule has 0 aliphatic heterocycles. The molecule has 1 heterocycles. The fraction of sp³-hybridized carbons (Fsp3) is 0.182. The van der Waals surface area contributed by atoms with Crippen molar-refractivity contribution in [2.75, 3.05) is 0 Å². The van der Waals surface area contributed by atoms with Crippen LogP contribution in [0.1, 0.15) is 5.56 Å². The molecule has 0 spiro atoms. The van der Waals surface area contributed by atoms with Crippen LogP contribution in [0.15, 0.2) is 30.5 Å². The molecule has 2 rings (SSSR count). The van der Waals surface area contributed by atoms with Crippen LogP contribution in [-0.4, -0.2) is 27.0 Å². The number of aromatic amines is 1. The van der Waals surface area contributed by atoms with Crippen LogP contribution in [-0.2, 0) is 15.8 Å². The first-order chi connectivity index (χ1) is 9.18. The summed E-state index contributed by atoms with van der Waals surface area (Å²) in [6.45, 7) is 0. The van der Waals surface area contributed by atoms with Gasteiger partial charge in [0.1, 0.15) is 6.04 Å². The van der Waals surface area contributed by atoms with Crippen molar-refractivity contribution in [2.24, 2.45) is 5.73 Å². The molecule has 1 aromatic heterocycles. The number of phosphoric acid groups is 1. The number of rotatable bonds is 3. The first kappa shape index (κ1) is 25.8. The smallest absolute Gasteiger partial charge is 0.790 e. The summed E-state index contributed by atoms with van der Waals surface area (Å²) in [7, 11) is -5.14. The maximum Gasteiger partial charge on any atom is 1.00 e. The summed E-state index contributed by atoms with van der Waals surface area (Å²) in [5, 5.41) is 9.75. The predicted molar refractivity (Wildman–Crippen MR) is 67.4 cm³/mol. The monoisotopic (exact) mass is 378 g/mol. The van der Waals surface area contributed by atoms with Gasteiger partial charge in [0, 0.05) is 23.5 Å². The van der Waals surface area contributed by atoms with Gasteiger partial charge in [-0.3, -0.25) is 4.79 Å². The number of carbonyl (C=O) groups is 1. The minimum Gasteiger partial charge on any atom is -0.790 e. The van der Waals surface area contributed by atoms with Crippen LogP contribution in [0.5, 0.6) is 0 Å². The Hall–Kier alpha value is 1.57. The minimum absolute atomic E-state index is 0. The zero-order chi connectivity index (χ0) is 15.3. The van der Waals surface area contributed by atoms with E-state index in [-0.39, 0.29) is 103 Å². The fourth-order valence-corrected chi connectivity index (χ4v) is 1.62. The van der Waals surface area contributed by atoms with Crippen molar-refractivity contribution in [3.05, 3.63) is 36.0 Å². The molecule has 110 valence electrons. The number of nitrogens with two attached hydrogens (primary N) is 1. The molecule has 0 aliphatic carbocycles. The van der Waals surface area contributed by atoms with Gasteiger partial charge in [0.2, 0.25) is 0 Å². The maximum absolute atomic E-state index is 10.6.